The second-order valence-corrected chi connectivity index (χ2v) is 5.72. The predicted molar refractivity (Wildman–Crippen MR) is 77.0 cm³/mol. The molecule has 3 rings (SSSR count). The molecule has 1 aromatic carbocycles. The number of anilines is 1. The molecule has 2 aliphatic heterocycles. The Balaban J connectivity index is 1.73. The van der Waals surface area contributed by atoms with Crippen molar-refractivity contribution in [3.05, 3.63) is 29.8 Å². The molecule has 4 atom stereocenters. The van der Waals surface area contributed by atoms with Gasteiger partial charge in [-0.05, 0) is 37.0 Å². The number of carbonyl (C=O) groups excluding carboxylic acids is 1. The number of fused-ring (bicyclic) bond motifs is 2. The van der Waals surface area contributed by atoms with Gasteiger partial charge in [0, 0.05) is 5.69 Å². The first-order valence-electron chi connectivity index (χ1n) is 7.38. The third kappa shape index (κ3) is 2.53. The fourth-order valence-corrected chi connectivity index (χ4v) is 3.37. The maximum absolute atomic E-state index is 12.4. The van der Waals surface area contributed by atoms with Gasteiger partial charge in [0.15, 0.2) is 0 Å². The lowest BCUT2D eigenvalue weighted by Gasteiger charge is -2.23. The summed E-state index contributed by atoms with van der Waals surface area (Å²) in [5, 5.41) is 12.2. The van der Waals surface area contributed by atoms with Gasteiger partial charge in [-0.15, -0.1) is 0 Å². The molecule has 5 nitrogen and oxygen atoms in total. The molecule has 2 aliphatic rings. The quantitative estimate of drug-likeness (QED) is 0.889. The first-order chi connectivity index (χ1) is 10.1. The molecule has 0 saturated carbocycles. The van der Waals surface area contributed by atoms with E-state index in [1.807, 2.05) is 24.3 Å². The molecular formula is C16H19NO4. The number of rotatable bonds is 4. The van der Waals surface area contributed by atoms with Crippen molar-refractivity contribution in [3.63, 3.8) is 0 Å². The Kier molecular flexibility index (Phi) is 3.68. The molecule has 21 heavy (non-hydrogen) atoms. The lowest BCUT2D eigenvalue weighted by molar-refractivity contribution is -0.147. The van der Waals surface area contributed by atoms with Gasteiger partial charge in [-0.3, -0.25) is 9.59 Å². The zero-order chi connectivity index (χ0) is 15.0. The minimum absolute atomic E-state index is 0.251. The minimum atomic E-state index is -0.941. The summed E-state index contributed by atoms with van der Waals surface area (Å²) in [5.74, 6) is -2.51. The predicted octanol–water partition coefficient (Wildman–Crippen LogP) is 2.07. The van der Waals surface area contributed by atoms with Crippen LogP contribution in [-0.4, -0.2) is 29.2 Å². The highest BCUT2D eigenvalue weighted by Gasteiger charge is 2.55. The summed E-state index contributed by atoms with van der Waals surface area (Å²) in [6.07, 6.45) is 1.87. The topological polar surface area (TPSA) is 75.6 Å². The summed E-state index contributed by atoms with van der Waals surface area (Å²) in [4.78, 5) is 23.8. The average Bonchev–Trinajstić information content (AvgIpc) is 3.08. The number of aryl methyl sites for hydroxylation is 1. The highest BCUT2D eigenvalue weighted by Crippen LogP contribution is 2.44. The van der Waals surface area contributed by atoms with Gasteiger partial charge in [-0.25, -0.2) is 0 Å². The van der Waals surface area contributed by atoms with Crippen LogP contribution in [0.2, 0.25) is 0 Å². The van der Waals surface area contributed by atoms with Crippen LogP contribution in [0, 0.1) is 11.8 Å². The number of ether oxygens (including phenoxy) is 1. The molecule has 2 bridgehead atoms. The van der Waals surface area contributed by atoms with Gasteiger partial charge in [-0.2, -0.15) is 0 Å². The van der Waals surface area contributed by atoms with Crippen molar-refractivity contribution in [2.75, 3.05) is 5.32 Å². The van der Waals surface area contributed by atoms with Crippen molar-refractivity contribution >= 4 is 17.6 Å². The number of amides is 1. The van der Waals surface area contributed by atoms with Gasteiger partial charge in [0.05, 0.1) is 24.0 Å². The summed E-state index contributed by atoms with van der Waals surface area (Å²) in [6, 6.07) is 7.62. The monoisotopic (exact) mass is 289 g/mol. The maximum Gasteiger partial charge on any atom is 0.310 e. The number of carboxylic acid groups (broad SMARTS) is 1. The molecule has 2 heterocycles. The Morgan fingerprint density at radius 3 is 2.38 bits per heavy atom. The molecule has 112 valence electrons. The Labute approximate surface area is 123 Å². The van der Waals surface area contributed by atoms with Crippen LogP contribution < -0.4 is 5.32 Å². The van der Waals surface area contributed by atoms with E-state index in [0.717, 1.165) is 19.3 Å². The van der Waals surface area contributed by atoms with E-state index >= 15 is 0 Å². The number of carbonyl (C=O) groups is 2. The summed E-state index contributed by atoms with van der Waals surface area (Å²) in [6.45, 7) is 2.07. The SMILES string of the molecule is CCc1ccc(NC(=O)[C@@H]2[C@H](C(=O)O)[C@H]3CC[C@H]2O3)cc1. The van der Waals surface area contributed by atoms with Gasteiger partial charge < -0.3 is 15.2 Å². The van der Waals surface area contributed by atoms with Crippen LogP contribution in [0.25, 0.3) is 0 Å². The smallest absolute Gasteiger partial charge is 0.310 e. The third-order valence-electron chi connectivity index (χ3n) is 4.49. The Morgan fingerprint density at radius 2 is 1.81 bits per heavy atom. The van der Waals surface area contributed by atoms with E-state index in [2.05, 4.69) is 12.2 Å². The molecular weight excluding hydrogens is 270 g/mol. The number of benzene rings is 1. The number of hydrogen-bond donors (Lipinski definition) is 2. The molecule has 0 spiro atoms. The van der Waals surface area contributed by atoms with E-state index in [1.165, 1.54) is 5.56 Å². The summed E-state index contributed by atoms with van der Waals surface area (Å²) >= 11 is 0. The molecule has 0 unspecified atom stereocenters. The zero-order valence-electron chi connectivity index (χ0n) is 11.9. The number of aliphatic carboxylic acids is 1. The highest BCUT2D eigenvalue weighted by molar-refractivity contribution is 5.96. The normalized spacial score (nSPS) is 30.3. The molecule has 0 radical (unpaired) electrons. The largest absolute Gasteiger partial charge is 0.481 e. The summed E-state index contributed by atoms with van der Waals surface area (Å²) in [7, 11) is 0. The standard InChI is InChI=1S/C16H19NO4/c1-2-9-3-5-10(6-4-9)17-15(18)13-11-7-8-12(21-11)14(13)16(19)20/h3-6,11-14H,2,7-8H2,1H3,(H,17,18)(H,19,20)/t11-,12-,13+,14-/m1/s1. The fourth-order valence-electron chi connectivity index (χ4n) is 3.37. The van der Waals surface area contributed by atoms with Crippen LogP contribution in [0.3, 0.4) is 0 Å². The Hall–Kier alpha value is -1.88. The van der Waals surface area contributed by atoms with Crippen molar-refractivity contribution in [2.45, 2.75) is 38.4 Å². The number of nitrogens with one attached hydrogen (secondary N) is 1. The van der Waals surface area contributed by atoms with E-state index in [1.54, 1.807) is 0 Å². The lowest BCUT2D eigenvalue weighted by Crippen LogP contribution is -2.40. The molecule has 1 aromatic rings. The second kappa shape index (κ2) is 5.48. The fraction of sp³-hybridized carbons (Fsp3) is 0.500. The van der Waals surface area contributed by atoms with Crippen molar-refractivity contribution < 1.29 is 19.4 Å². The molecule has 2 saturated heterocycles. The molecule has 0 aliphatic carbocycles. The average molecular weight is 289 g/mol. The van der Waals surface area contributed by atoms with E-state index in [4.69, 9.17) is 4.74 Å². The minimum Gasteiger partial charge on any atom is -0.481 e. The maximum atomic E-state index is 12.4. The molecule has 1 amide bonds. The highest BCUT2D eigenvalue weighted by atomic mass is 16.5. The van der Waals surface area contributed by atoms with E-state index in [0.29, 0.717) is 5.69 Å². The molecule has 5 heteroatoms. The zero-order valence-corrected chi connectivity index (χ0v) is 11.9. The van der Waals surface area contributed by atoms with E-state index in [-0.39, 0.29) is 18.1 Å². The van der Waals surface area contributed by atoms with Crippen LogP contribution in [-0.2, 0) is 20.7 Å². The number of carboxylic acids is 1. The van der Waals surface area contributed by atoms with E-state index in [9.17, 15) is 14.7 Å². The van der Waals surface area contributed by atoms with Crippen molar-refractivity contribution in [1.82, 2.24) is 0 Å². The first kappa shape index (κ1) is 14.1. The van der Waals surface area contributed by atoms with Crippen LogP contribution in [0.1, 0.15) is 25.3 Å². The van der Waals surface area contributed by atoms with Gasteiger partial charge >= 0.3 is 5.97 Å². The number of hydrogen-bond acceptors (Lipinski definition) is 3. The molecule has 2 N–H and O–H groups in total. The Morgan fingerprint density at radius 1 is 1.19 bits per heavy atom. The molecule has 0 aromatic heterocycles. The van der Waals surface area contributed by atoms with Crippen LogP contribution in [0.5, 0.6) is 0 Å². The van der Waals surface area contributed by atoms with Crippen LogP contribution in [0.15, 0.2) is 24.3 Å². The molecule has 2 fully saturated rings. The second-order valence-electron chi connectivity index (χ2n) is 5.72. The van der Waals surface area contributed by atoms with Gasteiger partial charge in [0.1, 0.15) is 0 Å². The van der Waals surface area contributed by atoms with E-state index < -0.39 is 17.8 Å². The lowest BCUT2D eigenvalue weighted by atomic mass is 9.78. The third-order valence-corrected chi connectivity index (χ3v) is 4.49. The first-order valence-corrected chi connectivity index (χ1v) is 7.38. The van der Waals surface area contributed by atoms with Crippen LogP contribution >= 0.6 is 0 Å². The summed E-state index contributed by atoms with van der Waals surface area (Å²) in [5.41, 5.74) is 1.89. The Bertz CT molecular complexity index is 554. The summed E-state index contributed by atoms with van der Waals surface area (Å²) < 4.78 is 5.61. The van der Waals surface area contributed by atoms with Gasteiger partial charge in [-0.1, -0.05) is 19.1 Å². The van der Waals surface area contributed by atoms with Gasteiger partial charge in [0.2, 0.25) is 5.91 Å². The van der Waals surface area contributed by atoms with Crippen molar-refractivity contribution in [3.8, 4) is 0 Å². The van der Waals surface area contributed by atoms with Gasteiger partial charge in [0.25, 0.3) is 0 Å². The van der Waals surface area contributed by atoms with Crippen LogP contribution in [0.4, 0.5) is 5.69 Å². The van der Waals surface area contributed by atoms with Crippen molar-refractivity contribution in [1.29, 1.82) is 0 Å². The van der Waals surface area contributed by atoms with Crippen molar-refractivity contribution in [2.24, 2.45) is 11.8 Å².